The van der Waals surface area contributed by atoms with E-state index in [-0.39, 0.29) is 17.7 Å². The molecule has 1 aliphatic heterocycles. The van der Waals surface area contributed by atoms with Crippen molar-refractivity contribution in [1.29, 1.82) is 0 Å². The molecule has 1 saturated heterocycles. The molecule has 3 aromatic rings. The van der Waals surface area contributed by atoms with E-state index in [4.69, 9.17) is 0 Å². The van der Waals surface area contributed by atoms with Crippen molar-refractivity contribution in [3.05, 3.63) is 41.0 Å². The average Bonchev–Trinajstić information content (AvgIpc) is 3.20. The molecule has 9 heteroatoms. The Morgan fingerprint density at radius 1 is 1.19 bits per heavy atom. The van der Waals surface area contributed by atoms with Gasteiger partial charge in [-0.2, -0.15) is 18.4 Å². The number of hydrogen-bond donors (Lipinski definition) is 1. The van der Waals surface area contributed by atoms with Crippen molar-refractivity contribution < 1.29 is 18.6 Å². The van der Waals surface area contributed by atoms with Gasteiger partial charge in [-0.3, -0.25) is 4.90 Å². The van der Waals surface area contributed by atoms with E-state index >= 15 is 0 Å². The minimum absolute atomic E-state index is 0.0401. The SMILES string of the molecule is Oc1c([C@H](c2cccc(OC(F)F)c2)N2CCCCC2)sc2ncnn12. The number of likely N-dealkylation sites (tertiary alicyclic amines) is 1. The number of nitrogens with zero attached hydrogens (tertiary/aromatic N) is 4. The summed E-state index contributed by atoms with van der Waals surface area (Å²) in [6.45, 7) is -1.13. The molecule has 3 heterocycles. The number of ether oxygens (including phenoxy) is 1. The number of aromatic nitrogens is 3. The Morgan fingerprint density at radius 3 is 2.73 bits per heavy atom. The van der Waals surface area contributed by atoms with E-state index in [1.807, 2.05) is 6.07 Å². The largest absolute Gasteiger partial charge is 0.492 e. The Bertz CT molecular complexity index is 892. The predicted octanol–water partition coefficient (Wildman–Crippen LogP) is 3.67. The minimum atomic E-state index is -2.87. The van der Waals surface area contributed by atoms with Crippen molar-refractivity contribution in [2.24, 2.45) is 0 Å². The van der Waals surface area contributed by atoms with E-state index in [9.17, 15) is 13.9 Å². The van der Waals surface area contributed by atoms with Gasteiger partial charge in [0.25, 0.3) is 0 Å². The Morgan fingerprint density at radius 2 is 2.00 bits per heavy atom. The molecule has 0 bridgehead atoms. The van der Waals surface area contributed by atoms with Crippen LogP contribution in [0.15, 0.2) is 30.6 Å². The van der Waals surface area contributed by atoms with Gasteiger partial charge < -0.3 is 9.84 Å². The van der Waals surface area contributed by atoms with E-state index in [1.165, 1.54) is 34.7 Å². The zero-order valence-electron chi connectivity index (χ0n) is 13.9. The molecule has 1 aliphatic rings. The third kappa shape index (κ3) is 3.24. The highest BCUT2D eigenvalue weighted by atomic mass is 32.1. The molecule has 2 aromatic heterocycles. The van der Waals surface area contributed by atoms with Crippen molar-refractivity contribution in [3.8, 4) is 11.6 Å². The third-order valence-electron chi connectivity index (χ3n) is 4.54. The number of rotatable bonds is 5. The molecule has 1 aromatic carbocycles. The maximum Gasteiger partial charge on any atom is 0.387 e. The number of aromatic hydroxyl groups is 1. The van der Waals surface area contributed by atoms with Crippen LogP contribution in [-0.4, -0.2) is 44.3 Å². The van der Waals surface area contributed by atoms with Crippen LogP contribution in [0.3, 0.4) is 0 Å². The smallest absolute Gasteiger partial charge is 0.387 e. The minimum Gasteiger partial charge on any atom is -0.492 e. The van der Waals surface area contributed by atoms with Crippen molar-refractivity contribution in [2.75, 3.05) is 13.1 Å². The molecule has 1 N–H and O–H groups in total. The third-order valence-corrected chi connectivity index (χ3v) is 5.63. The summed E-state index contributed by atoms with van der Waals surface area (Å²) in [6, 6.07) is 6.42. The van der Waals surface area contributed by atoms with Gasteiger partial charge in [-0.15, -0.1) is 0 Å². The lowest BCUT2D eigenvalue weighted by Gasteiger charge is -2.34. The van der Waals surface area contributed by atoms with Gasteiger partial charge in [0, 0.05) is 0 Å². The lowest BCUT2D eigenvalue weighted by Crippen LogP contribution is -2.34. The van der Waals surface area contributed by atoms with Crippen molar-refractivity contribution >= 4 is 16.3 Å². The molecular weight excluding hydrogens is 362 g/mol. The maximum atomic E-state index is 12.6. The Labute approximate surface area is 152 Å². The van der Waals surface area contributed by atoms with Crippen molar-refractivity contribution in [2.45, 2.75) is 31.9 Å². The fourth-order valence-electron chi connectivity index (χ4n) is 3.44. The Hall–Kier alpha value is -2.26. The van der Waals surface area contributed by atoms with Gasteiger partial charge in [0.15, 0.2) is 0 Å². The molecule has 0 radical (unpaired) electrons. The van der Waals surface area contributed by atoms with Gasteiger partial charge in [0.2, 0.25) is 10.8 Å². The Kier molecular flexibility index (Phi) is 4.73. The van der Waals surface area contributed by atoms with Crippen molar-refractivity contribution in [1.82, 2.24) is 19.5 Å². The van der Waals surface area contributed by atoms with Gasteiger partial charge in [-0.05, 0) is 43.6 Å². The molecule has 138 valence electrons. The van der Waals surface area contributed by atoms with Gasteiger partial charge in [-0.25, -0.2) is 4.98 Å². The molecule has 0 unspecified atom stereocenters. The van der Waals surface area contributed by atoms with Gasteiger partial charge >= 0.3 is 6.61 Å². The molecule has 6 nitrogen and oxygen atoms in total. The van der Waals surface area contributed by atoms with Crippen LogP contribution in [0.5, 0.6) is 11.6 Å². The summed E-state index contributed by atoms with van der Waals surface area (Å²) in [5.41, 5.74) is 0.796. The summed E-state index contributed by atoms with van der Waals surface area (Å²) >= 11 is 1.36. The van der Waals surface area contributed by atoms with Crippen LogP contribution in [0, 0.1) is 0 Å². The summed E-state index contributed by atoms with van der Waals surface area (Å²) in [5.74, 6) is 0.150. The standard InChI is InChI=1S/C17H18F2N4O2S/c18-16(19)25-12-6-4-5-11(9-12)13(22-7-2-1-3-8-22)14-15(24)23-17(26-14)20-10-21-23/h4-6,9-10,13,16,24H,1-3,7-8H2/t13-/m0/s1. The van der Waals surface area contributed by atoms with E-state index in [0.717, 1.165) is 31.5 Å². The monoisotopic (exact) mass is 380 g/mol. The molecular formula is C17H18F2N4O2S. The van der Waals surface area contributed by atoms with E-state index < -0.39 is 6.61 Å². The lowest BCUT2D eigenvalue weighted by molar-refractivity contribution is -0.0499. The normalized spacial score (nSPS) is 17.0. The molecule has 0 amide bonds. The van der Waals surface area contributed by atoms with Crippen LogP contribution >= 0.6 is 11.3 Å². The lowest BCUT2D eigenvalue weighted by atomic mass is 10.00. The first-order valence-corrected chi connectivity index (χ1v) is 9.25. The highest BCUT2D eigenvalue weighted by Gasteiger charge is 2.30. The summed E-state index contributed by atoms with van der Waals surface area (Å²) in [4.78, 5) is 7.71. The highest BCUT2D eigenvalue weighted by Crippen LogP contribution is 2.41. The van der Waals surface area contributed by atoms with Crippen LogP contribution in [0.1, 0.15) is 35.7 Å². The van der Waals surface area contributed by atoms with Crippen LogP contribution in [-0.2, 0) is 0 Å². The first-order valence-electron chi connectivity index (χ1n) is 8.43. The number of fused-ring (bicyclic) bond motifs is 1. The molecule has 0 spiro atoms. The quantitative estimate of drug-likeness (QED) is 0.732. The first kappa shape index (κ1) is 17.2. The van der Waals surface area contributed by atoms with E-state index in [1.54, 1.807) is 12.1 Å². The number of benzene rings is 1. The molecule has 0 saturated carbocycles. The molecule has 0 aliphatic carbocycles. The molecule has 1 atom stereocenters. The summed E-state index contributed by atoms with van der Waals surface area (Å²) in [7, 11) is 0. The second-order valence-corrected chi connectivity index (χ2v) is 7.20. The predicted molar refractivity (Wildman–Crippen MR) is 92.9 cm³/mol. The number of thiazole rings is 1. The molecule has 26 heavy (non-hydrogen) atoms. The van der Waals surface area contributed by atoms with Crippen LogP contribution < -0.4 is 4.74 Å². The van der Waals surface area contributed by atoms with Crippen molar-refractivity contribution in [3.63, 3.8) is 0 Å². The Balaban J connectivity index is 1.78. The number of hydrogen-bond acceptors (Lipinski definition) is 6. The van der Waals surface area contributed by atoms with E-state index in [0.29, 0.717) is 9.84 Å². The number of halogens is 2. The average molecular weight is 380 g/mol. The molecule has 4 rings (SSSR count). The second kappa shape index (κ2) is 7.16. The summed E-state index contributed by atoms with van der Waals surface area (Å²) in [5, 5.41) is 14.7. The number of alkyl halides is 2. The topological polar surface area (TPSA) is 62.9 Å². The highest BCUT2D eigenvalue weighted by molar-refractivity contribution is 7.17. The van der Waals surface area contributed by atoms with E-state index in [2.05, 4.69) is 19.7 Å². The zero-order chi connectivity index (χ0) is 18.1. The van der Waals surface area contributed by atoms with Gasteiger partial charge in [0.1, 0.15) is 12.1 Å². The zero-order valence-corrected chi connectivity index (χ0v) is 14.7. The second-order valence-electron chi connectivity index (χ2n) is 6.19. The van der Waals surface area contributed by atoms with Crippen LogP contribution in [0.25, 0.3) is 4.96 Å². The van der Waals surface area contributed by atoms with Gasteiger partial charge in [0.05, 0.1) is 10.9 Å². The summed E-state index contributed by atoms with van der Waals surface area (Å²) in [6.07, 6.45) is 4.68. The molecule has 1 fully saturated rings. The van der Waals surface area contributed by atoms with Crippen LogP contribution in [0.4, 0.5) is 8.78 Å². The maximum absolute atomic E-state index is 12.6. The number of piperidine rings is 1. The fourth-order valence-corrected chi connectivity index (χ4v) is 4.53. The summed E-state index contributed by atoms with van der Waals surface area (Å²) < 4.78 is 31.2. The fraction of sp³-hybridized carbons (Fsp3) is 0.412. The van der Waals surface area contributed by atoms with Gasteiger partial charge in [-0.1, -0.05) is 29.9 Å². The van der Waals surface area contributed by atoms with Crippen LogP contribution in [0.2, 0.25) is 0 Å². The first-order chi connectivity index (χ1) is 12.6.